The minimum atomic E-state index is -0.509. The van der Waals surface area contributed by atoms with Gasteiger partial charge in [-0.1, -0.05) is 0 Å². The van der Waals surface area contributed by atoms with Crippen LogP contribution in [-0.2, 0) is 0 Å². The molecule has 1 aromatic carbocycles. The van der Waals surface area contributed by atoms with Gasteiger partial charge in [0.1, 0.15) is 5.75 Å². The highest BCUT2D eigenvalue weighted by molar-refractivity contribution is 5.65. The topological polar surface area (TPSA) is 75.0 Å². The van der Waals surface area contributed by atoms with Crippen molar-refractivity contribution in [3.8, 4) is 17.0 Å². The lowest BCUT2D eigenvalue weighted by molar-refractivity contribution is 0.411. The van der Waals surface area contributed by atoms with E-state index in [2.05, 4.69) is 9.97 Å². The number of nitrogens with one attached hydrogen (secondary N) is 2. The zero-order valence-corrected chi connectivity index (χ0v) is 10.5. The van der Waals surface area contributed by atoms with Gasteiger partial charge in [0.25, 0.3) is 5.56 Å². The molecule has 0 aliphatic heterocycles. The van der Waals surface area contributed by atoms with Crippen LogP contribution in [-0.4, -0.2) is 17.1 Å². The summed E-state index contributed by atoms with van der Waals surface area (Å²) in [6.07, 6.45) is 0. The first kappa shape index (κ1) is 12.2. The van der Waals surface area contributed by atoms with Crippen molar-refractivity contribution in [3.05, 3.63) is 50.2 Å². The SMILES string of the molecule is COc1cc(C)c(-c2cc(=O)[nH]c(=O)[nH]2)cc1C. The first-order chi connectivity index (χ1) is 8.51. The number of rotatable bonds is 2. The Labute approximate surface area is 103 Å². The Morgan fingerprint density at radius 1 is 1.00 bits per heavy atom. The van der Waals surface area contributed by atoms with Gasteiger partial charge in [-0.05, 0) is 37.1 Å². The van der Waals surface area contributed by atoms with Crippen molar-refractivity contribution in [2.45, 2.75) is 13.8 Å². The Kier molecular flexibility index (Phi) is 3.06. The molecule has 0 saturated carbocycles. The van der Waals surface area contributed by atoms with Gasteiger partial charge in [0.15, 0.2) is 0 Å². The summed E-state index contributed by atoms with van der Waals surface area (Å²) in [4.78, 5) is 27.3. The van der Waals surface area contributed by atoms with Crippen LogP contribution >= 0.6 is 0 Å². The van der Waals surface area contributed by atoms with Crippen LogP contribution in [0.5, 0.6) is 5.75 Å². The summed E-state index contributed by atoms with van der Waals surface area (Å²) in [5, 5.41) is 0. The van der Waals surface area contributed by atoms with E-state index in [1.807, 2.05) is 26.0 Å². The Morgan fingerprint density at radius 2 is 1.72 bits per heavy atom. The molecule has 5 heteroatoms. The third kappa shape index (κ3) is 2.20. The standard InChI is InChI=1S/C13H14N2O3/c1-7-5-11(18-3)8(2)4-9(7)10-6-12(16)15-13(17)14-10/h4-6H,1-3H3,(H2,14,15,16,17). The second-order valence-corrected chi connectivity index (χ2v) is 4.14. The summed E-state index contributed by atoms with van der Waals surface area (Å²) in [7, 11) is 1.61. The van der Waals surface area contributed by atoms with E-state index in [1.54, 1.807) is 7.11 Å². The molecule has 0 saturated heterocycles. The first-order valence-corrected chi connectivity index (χ1v) is 5.50. The molecule has 18 heavy (non-hydrogen) atoms. The lowest BCUT2D eigenvalue weighted by Gasteiger charge is -2.10. The van der Waals surface area contributed by atoms with E-state index in [4.69, 9.17) is 4.74 Å². The molecule has 0 radical (unpaired) electrons. The number of H-pyrrole nitrogens is 2. The monoisotopic (exact) mass is 246 g/mol. The predicted molar refractivity (Wildman–Crippen MR) is 69.1 cm³/mol. The maximum atomic E-state index is 11.3. The summed E-state index contributed by atoms with van der Waals surface area (Å²) in [6, 6.07) is 5.14. The zero-order valence-electron chi connectivity index (χ0n) is 10.5. The van der Waals surface area contributed by atoms with E-state index in [0.717, 1.165) is 22.4 Å². The highest BCUT2D eigenvalue weighted by Gasteiger charge is 2.08. The molecule has 0 amide bonds. The third-order valence-electron chi connectivity index (χ3n) is 2.79. The number of hydrogen-bond donors (Lipinski definition) is 2. The maximum absolute atomic E-state index is 11.3. The van der Waals surface area contributed by atoms with Crippen molar-refractivity contribution in [1.29, 1.82) is 0 Å². The first-order valence-electron chi connectivity index (χ1n) is 5.50. The zero-order chi connectivity index (χ0) is 13.3. The second kappa shape index (κ2) is 4.52. The number of aromatic nitrogens is 2. The smallest absolute Gasteiger partial charge is 0.326 e. The largest absolute Gasteiger partial charge is 0.496 e. The molecule has 2 aromatic rings. The minimum Gasteiger partial charge on any atom is -0.496 e. The molecule has 1 aromatic heterocycles. The van der Waals surface area contributed by atoms with Crippen molar-refractivity contribution in [2.75, 3.05) is 7.11 Å². The van der Waals surface area contributed by atoms with E-state index < -0.39 is 11.2 Å². The molecule has 0 atom stereocenters. The fourth-order valence-electron chi connectivity index (χ4n) is 1.91. The number of benzene rings is 1. The van der Waals surface area contributed by atoms with E-state index in [1.165, 1.54) is 6.07 Å². The Hall–Kier alpha value is -2.30. The van der Waals surface area contributed by atoms with Gasteiger partial charge in [0, 0.05) is 11.6 Å². The summed E-state index contributed by atoms with van der Waals surface area (Å²) >= 11 is 0. The number of methoxy groups -OCH3 is 1. The van der Waals surface area contributed by atoms with Crippen LogP contribution < -0.4 is 16.0 Å². The van der Waals surface area contributed by atoms with Gasteiger partial charge >= 0.3 is 5.69 Å². The predicted octanol–water partition coefficient (Wildman–Crippen LogP) is 1.36. The molecule has 0 fully saturated rings. The molecule has 5 nitrogen and oxygen atoms in total. The Balaban J connectivity index is 2.67. The van der Waals surface area contributed by atoms with Crippen LogP contribution in [0.15, 0.2) is 27.8 Å². The van der Waals surface area contributed by atoms with Gasteiger partial charge in [-0.3, -0.25) is 9.78 Å². The minimum absolute atomic E-state index is 0.415. The second-order valence-electron chi connectivity index (χ2n) is 4.14. The van der Waals surface area contributed by atoms with Crippen LogP contribution in [0.3, 0.4) is 0 Å². The van der Waals surface area contributed by atoms with Crippen LogP contribution in [0.2, 0.25) is 0 Å². The number of aromatic amines is 2. The average molecular weight is 246 g/mol. The van der Waals surface area contributed by atoms with Crippen LogP contribution in [0, 0.1) is 13.8 Å². The normalized spacial score (nSPS) is 10.4. The molecular formula is C13H14N2O3. The number of aryl methyl sites for hydroxylation is 2. The molecule has 0 aliphatic carbocycles. The number of ether oxygens (including phenoxy) is 1. The van der Waals surface area contributed by atoms with Crippen LogP contribution in [0.4, 0.5) is 0 Å². The molecule has 0 unspecified atom stereocenters. The molecule has 2 rings (SSSR count). The fraction of sp³-hybridized carbons (Fsp3) is 0.231. The summed E-state index contributed by atoms with van der Waals surface area (Å²) in [5.41, 5.74) is 2.27. The fourth-order valence-corrected chi connectivity index (χ4v) is 1.91. The average Bonchev–Trinajstić information content (AvgIpc) is 2.30. The van der Waals surface area contributed by atoms with Gasteiger partial charge in [-0.25, -0.2) is 4.79 Å². The molecule has 0 bridgehead atoms. The van der Waals surface area contributed by atoms with E-state index in [-0.39, 0.29) is 0 Å². The van der Waals surface area contributed by atoms with Crippen molar-refractivity contribution in [3.63, 3.8) is 0 Å². The van der Waals surface area contributed by atoms with Gasteiger partial charge < -0.3 is 9.72 Å². The highest BCUT2D eigenvalue weighted by atomic mass is 16.5. The van der Waals surface area contributed by atoms with Crippen molar-refractivity contribution < 1.29 is 4.74 Å². The maximum Gasteiger partial charge on any atom is 0.326 e. The van der Waals surface area contributed by atoms with E-state index in [0.29, 0.717) is 5.69 Å². The van der Waals surface area contributed by atoms with Crippen LogP contribution in [0.25, 0.3) is 11.3 Å². The lowest BCUT2D eigenvalue weighted by Crippen LogP contribution is -2.21. The summed E-state index contributed by atoms with van der Waals surface area (Å²) in [5.74, 6) is 0.781. The van der Waals surface area contributed by atoms with E-state index in [9.17, 15) is 9.59 Å². The van der Waals surface area contributed by atoms with E-state index >= 15 is 0 Å². The molecule has 0 spiro atoms. The van der Waals surface area contributed by atoms with Crippen LogP contribution in [0.1, 0.15) is 11.1 Å². The van der Waals surface area contributed by atoms with Gasteiger partial charge in [-0.15, -0.1) is 0 Å². The van der Waals surface area contributed by atoms with Crippen molar-refractivity contribution >= 4 is 0 Å². The molecule has 1 heterocycles. The summed E-state index contributed by atoms with van der Waals surface area (Å²) < 4.78 is 5.22. The molecular weight excluding hydrogens is 232 g/mol. The summed E-state index contributed by atoms with van der Waals surface area (Å²) in [6.45, 7) is 3.81. The third-order valence-corrected chi connectivity index (χ3v) is 2.79. The molecule has 2 N–H and O–H groups in total. The van der Waals surface area contributed by atoms with Crippen molar-refractivity contribution in [2.24, 2.45) is 0 Å². The van der Waals surface area contributed by atoms with Gasteiger partial charge in [0.05, 0.1) is 12.8 Å². The van der Waals surface area contributed by atoms with Gasteiger partial charge in [0.2, 0.25) is 0 Å². The molecule has 0 aliphatic rings. The quantitative estimate of drug-likeness (QED) is 0.840. The molecule has 94 valence electrons. The van der Waals surface area contributed by atoms with Gasteiger partial charge in [-0.2, -0.15) is 0 Å². The lowest BCUT2D eigenvalue weighted by atomic mass is 10.0. The Morgan fingerprint density at radius 3 is 2.33 bits per heavy atom. The van der Waals surface area contributed by atoms with Crippen molar-refractivity contribution in [1.82, 2.24) is 9.97 Å². The highest BCUT2D eigenvalue weighted by Crippen LogP contribution is 2.27. The Bertz CT molecular complexity index is 670. The number of hydrogen-bond acceptors (Lipinski definition) is 3.